The largest absolute Gasteiger partial charge is 0.487 e. The number of ketones is 1. The highest BCUT2D eigenvalue weighted by Crippen LogP contribution is 2.24. The molecule has 2 rings (SSSR count). The van der Waals surface area contributed by atoms with Crippen LogP contribution in [0.2, 0.25) is 0 Å². The molecule has 118 valence electrons. The third kappa shape index (κ3) is 4.51. The first-order valence-corrected chi connectivity index (χ1v) is 7.34. The lowest BCUT2D eigenvalue weighted by Gasteiger charge is -2.29. The molecule has 0 saturated carbocycles. The van der Waals surface area contributed by atoms with Crippen LogP contribution in [-0.4, -0.2) is 31.4 Å². The minimum atomic E-state index is -1.03. The molecule has 1 amide bonds. The van der Waals surface area contributed by atoms with Gasteiger partial charge in [0.15, 0.2) is 0 Å². The van der Waals surface area contributed by atoms with Gasteiger partial charge in [0.25, 0.3) is 5.91 Å². The van der Waals surface area contributed by atoms with Gasteiger partial charge < -0.3 is 21.1 Å². The summed E-state index contributed by atoms with van der Waals surface area (Å²) in [7, 11) is 0. The van der Waals surface area contributed by atoms with Gasteiger partial charge in [-0.2, -0.15) is 0 Å². The van der Waals surface area contributed by atoms with Crippen LogP contribution in [0.4, 0.5) is 5.69 Å². The second-order valence-electron chi connectivity index (χ2n) is 5.28. The number of benzene rings is 1. The first-order valence-electron chi connectivity index (χ1n) is 7.34. The van der Waals surface area contributed by atoms with E-state index in [-0.39, 0.29) is 12.3 Å². The second-order valence-corrected chi connectivity index (χ2v) is 5.28. The number of carbonyl (C=O) groups is 2. The molecule has 1 aromatic carbocycles. The fraction of sp³-hybridized carbons (Fsp3) is 0.375. The molecule has 4 N–H and O–H groups in total. The Morgan fingerprint density at radius 2 is 1.91 bits per heavy atom. The topological polar surface area (TPSA) is 98.7 Å². The van der Waals surface area contributed by atoms with E-state index in [2.05, 4.69) is 4.90 Å². The molecule has 0 spiro atoms. The van der Waals surface area contributed by atoms with E-state index in [4.69, 9.17) is 16.2 Å². The third-order valence-corrected chi connectivity index (χ3v) is 3.50. The van der Waals surface area contributed by atoms with Crippen molar-refractivity contribution < 1.29 is 14.3 Å². The van der Waals surface area contributed by atoms with Crippen LogP contribution in [0, 0.1) is 0 Å². The summed E-state index contributed by atoms with van der Waals surface area (Å²) in [6.07, 6.45) is 4.69. The van der Waals surface area contributed by atoms with Crippen LogP contribution >= 0.6 is 0 Å². The molecule has 1 aromatic rings. The van der Waals surface area contributed by atoms with Gasteiger partial charge in [-0.05, 0) is 31.4 Å². The van der Waals surface area contributed by atoms with Crippen molar-refractivity contribution in [2.45, 2.75) is 19.3 Å². The highest BCUT2D eigenvalue weighted by atomic mass is 16.5. The van der Waals surface area contributed by atoms with Crippen molar-refractivity contribution in [3.63, 3.8) is 0 Å². The number of piperidine rings is 1. The van der Waals surface area contributed by atoms with Crippen LogP contribution < -0.4 is 21.1 Å². The summed E-state index contributed by atoms with van der Waals surface area (Å²) in [5, 5.41) is 0. The van der Waals surface area contributed by atoms with E-state index < -0.39 is 11.7 Å². The Kier molecular flexibility index (Phi) is 5.41. The zero-order chi connectivity index (χ0) is 15.9. The van der Waals surface area contributed by atoms with Gasteiger partial charge in [-0.15, -0.1) is 0 Å². The van der Waals surface area contributed by atoms with Crippen LogP contribution in [0.1, 0.15) is 19.3 Å². The number of anilines is 1. The van der Waals surface area contributed by atoms with Gasteiger partial charge in [-0.25, -0.2) is 0 Å². The maximum absolute atomic E-state index is 11.1. The number of amides is 1. The lowest BCUT2D eigenvalue weighted by Crippen LogP contribution is -2.29. The normalized spacial score (nSPS) is 15.5. The van der Waals surface area contributed by atoms with Crippen LogP contribution in [0.3, 0.4) is 0 Å². The van der Waals surface area contributed by atoms with E-state index in [1.165, 1.54) is 19.3 Å². The molecule has 6 nitrogen and oxygen atoms in total. The number of hydrogen-bond donors (Lipinski definition) is 2. The summed E-state index contributed by atoms with van der Waals surface area (Å²) in [4.78, 5) is 24.1. The van der Waals surface area contributed by atoms with Gasteiger partial charge in [-0.3, -0.25) is 9.59 Å². The van der Waals surface area contributed by atoms with E-state index in [0.717, 1.165) is 24.9 Å². The fourth-order valence-electron chi connectivity index (χ4n) is 2.37. The molecular weight excluding hydrogens is 282 g/mol. The van der Waals surface area contributed by atoms with Crippen LogP contribution in [0.15, 0.2) is 36.0 Å². The molecule has 0 unspecified atom stereocenters. The Morgan fingerprint density at radius 3 is 2.59 bits per heavy atom. The van der Waals surface area contributed by atoms with E-state index in [1.54, 1.807) is 0 Å². The molecule has 1 saturated heterocycles. The van der Waals surface area contributed by atoms with Crippen molar-refractivity contribution >= 4 is 17.4 Å². The SMILES string of the molecule is NC(=O)C(=O)/C=C(\N)COc1cccc(N2CCCCC2)c1. The summed E-state index contributed by atoms with van der Waals surface area (Å²) in [6.45, 7) is 2.14. The Labute approximate surface area is 129 Å². The number of hydrogen-bond acceptors (Lipinski definition) is 5. The minimum Gasteiger partial charge on any atom is -0.487 e. The highest BCUT2D eigenvalue weighted by Gasteiger charge is 2.11. The lowest BCUT2D eigenvalue weighted by molar-refractivity contribution is -0.133. The molecule has 1 aliphatic rings. The van der Waals surface area contributed by atoms with Crippen molar-refractivity contribution in [2.75, 3.05) is 24.6 Å². The monoisotopic (exact) mass is 303 g/mol. The molecule has 0 aliphatic carbocycles. The quantitative estimate of drug-likeness (QED) is 0.602. The summed E-state index contributed by atoms with van der Waals surface area (Å²) >= 11 is 0. The predicted octanol–water partition coefficient (Wildman–Crippen LogP) is 0.953. The van der Waals surface area contributed by atoms with Crippen LogP contribution in [0.25, 0.3) is 0 Å². The molecule has 1 heterocycles. The molecule has 1 aliphatic heterocycles. The van der Waals surface area contributed by atoms with Gasteiger partial charge in [0.1, 0.15) is 12.4 Å². The molecule has 0 aromatic heterocycles. The van der Waals surface area contributed by atoms with Crippen molar-refractivity contribution in [1.29, 1.82) is 0 Å². The predicted molar refractivity (Wildman–Crippen MR) is 84.5 cm³/mol. The minimum absolute atomic E-state index is 0.0302. The third-order valence-electron chi connectivity index (χ3n) is 3.50. The smallest absolute Gasteiger partial charge is 0.289 e. The van der Waals surface area contributed by atoms with E-state index in [1.807, 2.05) is 24.3 Å². The number of rotatable bonds is 6. The average Bonchev–Trinajstić information content (AvgIpc) is 2.54. The Balaban J connectivity index is 1.95. The van der Waals surface area contributed by atoms with E-state index in [0.29, 0.717) is 5.75 Å². The summed E-state index contributed by atoms with van der Waals surface area (Å²) in [5.74, 6) is -1.19. The zero-order valence-corrected chi connectivity index (χ0v) is 12.5. The zero-order valence-electron chi connectivity index (χ0n) is 12.5. The molecule has 0 bridgehead atoms. The van der Waals surface area contributed by atoms with Crippen molar-refractivity contribution in [1.82, 2.24) is 0 Å². The Morgan fingerprint density at radius 1 is 1.18 bits per heavy atom. The summed E-state index contributed by atoms with van der Waals surface area (Å²) in [5.41, 5.74) is 11.8. The van der Waals surface area contributed by atoms with Gasteiger partial charge in [-0.1, -0.05) is 6.07 Å². The van der Waals surface area contributed by atoms with E-state index in [9.17, 15) is 9.59 Å². The maximum Gasteiger partial charge on any atom is 0.289 e. The highest BCUT2D eigenvalue weighted by molar-refractivity contribution is 6.40. The first-order chi connectivity index (χ1) is 10.6. The lowest BCUT2D eigenvalue weighted by atomic mass is 10.1. The fourth-order valence-corrected chi connectivity index (χ4v) is 2.37. The van der Waals surface area contributed by atoms with Crippen molar-refractivity contribution in [2.24, 2.45) is 11.5 Å². The first kappa shape index (κ1) is 15.9. The summed E-state index contributed by atoms with van der Waals surface area (Å²) < 4.78 is 5.56. The Bertz CT molecular complexity index is 578. The van der Waals surface area contributed by atoms with E-state index >= 15 is 0 Å². The standard InChI is InChI=1S/C16H21N3O3/c17-12(9-15(20)16(18)21)11-22-14-6-4-5-13(10-14)19-7-2-1-3-8-19/h4-6,9-10H,1-3,7-8,11,17H2,(H2,18,21)/b12-9-. The van der Waals surface area contributed by atoms with Crippen LogP contribution in [-0.2, 0) is 9.59 Å². The van der Waals surface area contributed by atoms with Crippen molar-refractivity contribution in [3.8, 4) is 5.75 Å². The number of nitrogens with two attached hydrogens (primary N) is 2. The summed E-state index contributed by atoms with van der Waals surface area (Å²) in [6, 6.07) is 7.76. The molecular formula is C16H21N3O3. The molecule has 0 atom stereocenters. The molecule has 1 fully saturated rings. The van der Waals surface area contributed by atoms with Gasteiger partial charge in [0.05, 0.1) is 5.70 Å². The Hall–Kier alpha value is -2.50. The molecule has 0 radical (unpaired) electrons. The van der Waals surface area contributed by atoms with Gasteiger partial charge in [0.2, 0.25) is 5.78 Å². The molecule has 6 heteroatoms. The van der Waals surface area contributed by atoms with Crippen LogP contribution in [0.5, 0.6) is 5.75 Å². The number of ether oxygens (including phenoxy) is 1. The van der Waals surface area contributed by atoms with Gasteiger partial charge >= 0.3 is 0 Å². The number of carbonyl (C=O) groups excluding carboxylic acids is 2. The second kappa shape index (κ2) is 7.49. The average molecular weight is 303 g/mol. The number of primary amides is 1. The van der Waals surface area contributed by atoms with Crippen molar-refractivity contribution in [3.05, 3.63) is 36.0 Å². The van der Waals surface area contributed by atoms with Gasteiger partial charge in [0, 0.05) is 30.9 Å². The molecule has 22 heavy (non-hydrogen) atoms. The maximum atomic E-state index is 11.1. The number of nitrogens with zero attached hydrogens (tertiary/aromatic N) is 1.